The van der Waals surface area contributed by atoms with E-state index in [1.807, 2.05) is 18.7 Å². The zero-order valence-electron chi connectivity index (χ0n) is 15.9. The monoisotopic (exact) mass is 342 g/mol. The molecule has 2 heterocycles. The Morgan fingerprint density at radius 1 is 1.28 bits per heavy atom. The van der Waals surface area contributed by atoms with Gasteiger partial charge in [0, 0.05) is 38.4 Å². The molecule has 136 valence electrons. The summed E-state index contributed by atoms with van der Waals surface area (Å²) in [6.07, 6.45) is 3.42. The van der Waals surface area contributed by atoms with Crippen LogP contribution in [0.2, 0.25) is 0 Å². The van der Waals surface area contributed by atoms with Crippen LogP contribution in [0.1, 0.15) is 36.6 Å². The van der Waals surface area contributed by atoms with E-state index in [0.717, 1.165) is 50.5 Å². The summed E-state index contributed by atoms with van der Waals surface area (Å²) >= 11 is 0. The molecular weight excluding hydrogens is 312 g/mol. The Balaban J connectivity index is 1.54. The van der Waals surface area contributed by atoms with Crippen molar-refractivity contribution in [1.82, 2.24) is 15.1 Å². The summed E-state index contributed by atoms with van der Waals surface area (Å²) in [6.45, 7) is 7.29. The average molecular weight is 342 g/mol. The van der Waals surface area contributed by atoms with Crippen LogP contribution in [-0.2, 0) is 20.0 Å². The molecule has 1 aliphatic heterocycles. The molecule has 0 amide bonds. The van der Waals surface area contributed by atoms with E-state index in [1.165, 1.54) is 16.8 Å². The number of aryl methyl sites for hydroxylation is 3. The van der Waals surface area contributed by atoms with Crippen molar-refractivity contribution < 1.29 is 4.74 Å². The van der Waals surface area contributed by atoms with E-state index in [2.05, 4.69) is 46.5 Å². The number of nitrogens with zero attached hydrogens (tertiary/aromatic N) is 3. The standard InChI is InChI=1S/C20H30N4O/c1-5-16-7-6-8-18(13-16)24-11-9-17(10-12-24)21-14-19-15(2)22-23(3)20(19)25-4/h6-8,13,17,21H,5,9-12,14H2,1-4H3. The Morgan fingerprint density at radius 2 is 2.04 bits per heavy atom. The summed E-state index contributed by atoms with van der Waals surface area (Å²) in [5, 5.41) is 8.16. The van der Waals surface area contributed by atoms with Crippen LogP contribution in [0.5, 0.6) is 5.88 Å². The number of anilines is 1. The Bertz CT molecular complexity index is 702. The van der Waals surface area contributed by atoms with E-state index < -0.39 is 0 Å². The number of piperidine rings is 1. The summed E-state index contributed by atoms with van der Waals surface area (Å²) in [5.41, 5.74) is 4.99. The van der Waals surface area contributed by atoms with Gasteiger partial charge in [0.05, 0.1) is 18.4 Å². The van der Waals surface area contributed by atoms with Gasteiger partial charge < -0.3 is 15.0 Å². The van der Waals surface area contributed by atoms with E-state index >= 15 is 0 Å². The zero-order chi connectivity index (χ0) is 17.8. The average Bonchev–Trinajstić information content (AvgIpc) is 2.92. The summed E-state index contributed by atoms with van der Waals surface area (Å²) in [4.78, 5) is 2.51. The fourth-order valence-corrected chi connectivity index (χ4v) is 3.70. The van der Waals surface area contributed by atoms with Crippen LogP contribution in [0.4, 0.5) is 5.69 Å². The van der Waals surface area contributed by atoms with E-state index in [9.17, 15) is 0 Å². The van der Waals surface area contributed by atoms with Crippen LogP contribution in [0.25, 0.3) is 0 Å². The summed E-state index contributed by atoms with van der Waals surface area (Å²) in [5.74, 6) is 0.860. The smallest absolute Gasteiger partial charge is 0.216 e. The Morgan fingerprint density at radius 3 is 2.72 bits per heavy atom. The Kier molecular flexibility index (Phi) is 5.63. The number of nitrogens with one attached hydrogen (secondary N) is 1. The largest absolute Gasteiger partial charge is 0.481 e. The minimum absolute atomic E-state index is 0.551. The first kappa shape index (κ1) is 17.8. The first-order valence-electron chi connectivity index (χ1n) is 9.26. The van der Waals surface area contributed by atoms with Gasteiger partial charge in [0.1, 0.15) is 0 Å². The molecule has 5 heteroatoms. The van der Waals surface area contributed by atoms with Crippen molar-refractivity contribution >= 4 is 5.69 Å². The number of methoxy groups -OCH3 is 1. The van der Waals surface area contributed by atoms with Gasteiger partial charge in [0.25, 0.3) is 0 Å². The fraction of sp³-hybridized carbons (Fsp3) is 0.550. The van der Waals surface area contributed by atoms with Crippen molar-refractivity contribution in [3.05, 3.63) is 41.1 Å². The molecule has 0 spiro atoms. The number of rotatable bonds is 6. The molecule has 1 fully saturated rings. The molecule has 0 aliphatic carbocycles. The highest BCUT2D eigenvalue weighted by molar-refractivity contribution is 5.49. The maximum Gasteiger partial charge on any atom is 0.216 e. The number of ether oxygens (including phenoxy) is 1. The number of hydrogen-bond donors (Lipinski definition) is 1. The van der Waals surface area contributed by atoms with Crippen LogP contribution in [0.15, 0.2) is 24.3 Å². The van der Waals surface area contributed by atoms with Gasteiger partial charge in [0.15, 0.2) is 0 Å². The van der Waals surface area contributed by atoms with Gasteiger partial charge in [-0.05, 0) is 43.9 Å². The molecule has 2 aromatic rings. The summed E-state index contributed by atoms with van der Waals surface area (Å²) in [7, 11) is 3.64. The third kappa shape index (κ3) is 3.98. The maximum atomic E-state index is 5.49. The summed E-state index contributed by atoms with van der Waals surface area (Å²) < 4.78 is 7.30. The lowest BCUT2D eigenvalue weighted by Gasteiger charge is -2.34. The molecule has 0 bridgehead atoms. The zero-order valence-corrected chi connectivity index (χ0v) is 15.9. The van der Waals surface area contributed by atoms with Crippen molar-refractivity contribution in [2.75, 3.05) is 25.1 Å². The highest BCUT2D eigenvalue weighted by Crippen LogP contribution is 2.23. The van der Waals surface area contributed by atoms with Crippen molar-refractivity contribution in [2.24, 2.45) is 7.05 Å². The van der Waals surface area contributed by atoms with Crippen molar-refractivity contribution in [3.8, 4) is 5.88 Å². The third-order valence-corrected chi connectivity index (χ3v) is 5.23. The molecule has 0 unspecified atom stereocenters. The van der Waals surface area contributed by atoms with E-state index in [4.69, 9.17) is 4.74 Å². The lowest BCUT2D eigenvalue weighted by Crippen LogP contribution is -2.42. The molecule has 1 aromatic heterocycles. The van der Waals surface area contributed by atoms with Crippen molar-refractivity contribution in [2.45, 2.75) is 45.7 Å². The van der Waals surface area contributed by atoms with Gasteiger partial charge in [-0.25, -0.2) is 4.68 Å². The Hall–Kier alpha value is -2.01. The van der Waals surface area contributed by atoms with Crippen molar-refractivity contribution in [3.63, 3.8) is 0 Å². The second-order valence-electron chi connectivity index (χ2n) is 6.86. The van der Waals surface area contributed by atoms with Crippen LogP contribution in [0.3, 0.4) is 0 Å². The summed E-state index contributed by atoms with van der Waals surface area (Å²) in [6, 6.07) is 9.50. The number of aromatic nitrogens is 2. The molecule has 1 aliphatic rings. The van der Waals surface area contributed by atoms with E-state index in [-0.39, 0.29) is 0 Å². The minimum Gasteiger partial charge on any atom is -0.481 e. The Labute approximate surface area is 151 Å². The third-order valence-electron chi connectivity index (χ3n) is 5.23. The van der Waals surface area contributed by atoms with E-state index in [1.54, 1.807) is 7.11 Å². The van der Waals surface area contributed by atoms with Gasteiger partial charge in [-0.15, -0.1) is 0 Å². The fourth-order valence-electron chi connectivity index (χ4n) is 3.70. The van der Waals surface area contributed by atoms with Crippen molar-refractivity contribution in [1.29, 1.82) is 0 Å². The van der Waals surface area contributed by atoms with Gasteiger partial charge in [0.2, 0.25) is 5.88 Å². The molecule has 1 N–H and O–H groups in total. The predicted octanol–water partition coefficient (Wildman–Crippen LogP) is 3.06. The lowest BCUT2D eigenvalue weighted by atomic mass is 10.0. The van der Waals surface area contributed by atoms with Gasteiger partial charge in [-0.2, -0.15) is 5.10 Å². The topological polar surface area (TPSA) is 42.3 Å². The molecule has 0 atom stereocenters. The number of benzene rings is 1. The highest BCUT2D eigenvalue weighted by Gasteiger charge is 2.21. The van der Waals surface area contributed by atoms with Crippen LogP contribution in [0, 0.1) is 6.92 Å². The first-order valence-corrected chi connectivity index (χ1v) is 9.26. The molecule has 5 nitrogen and oxygen atoms in total. The van der Waals surface area contributed by atoms with E-state index in [0.29, 0.717) is 6.04 Å². The van der Waals surface area contributed by atoms with Crippen LogP contribution in [-0.4, -0.2) is 36.0 Å². The molecule has 1 saturated heterocycles. The normalized spacial score (nSPS) is 15.6. The molecule has 0 saturated carbocycles. The molecule has 0 radical (unpaired) electrons. The molecule has 25 heavy (non-hydrogen) atoms. The number of hydrogen-bond acceptors (Lipinski definition) is 4. The second-order valence-corrected chi connectivity index (χ2v) is 6.86. The highest BCUT2D eigenvalue weighted by atomic mass is 16.5. The first-order chi connectivity index (χ1) is 12.1. The SMILES string of the molecule is CCc1cccc(N2CCC(NCc3c(C)nn(C)c3OC)CC2)c1. The van der Waals surface area contributed by atoms with Crippen LogP contribution >= 0.6 is 0 Å². The molecular formula is C20H30N4O. The van der Waals surface area contributed by atoms with Gasteiger partial charge in [-0.3, -0.25) is 0 Å². The maximum absolute atomic E-state index is 5.49. The molecule has 1 aromatic carbocycles. The van der Waals surface area contributed by atoms with Gasteiger partial charge in [-0.1, -0.05) is 19.1 Å². The second kappa shape index (κ2) is 7.91. The minimum atomic E-state index is 0.551. The van der Waals surface area contributed by atoms with Crippen LogP contribution < -0.4 is 15.0 Å². The van der Waals surface area contributed by atoms with Gasteiger partial charge >= 0.3 is 0 Å². The quantitative estimate of drug-likeness (QED) is 0.876. The molecule has 3 rings (SSSR count). The lowest BCUT2D eigenvalue weighted by molar-refractivity contribution is 0.362. The predicted molar refractivity (Wildman–Crippen MR) is 102 cm³/mol.